The van der Waals surface area contributed by atoms with E-state index in [9.17, 15) is 4.79 Å². The van der Waals surface area contributed by atoms with Crippen LogP contribution < -0.4 is 14.8 Å². The van der Waals surface area contributed by atoms with Gasteiger partial charge in [0.2, 0.25) is 5.91 Å². The van der Waals surface area contributed by atoms with Crippen LogP contribution in [0.2, 0.25) is 5.02 Å². The monoisotopic (exact) mass is 438 g/mol. The SMILES string of the molecule is O=C(NCc1cc(-c2ccc3c(c2)OCCO3)on1)C1(c2ccc(Cl)cc2)CCCC1. The number of hydrogen-bond donors (Lipinski definition) is 1. The van der Waals surface area contributed by atoms with Gasteiger partial charge in [-0.15, -0.1) is 0 Å². The Balaban J connectivity index is 1.29. The molecule has 1 amide bonds. The number of nitrogens with zero attached hydrogens (tertiary/aromatic N) is 1. The summed E-state index contributed by atoms with van der Waals surface area (Å²) in [7, 11) is 0. The van der Waals surface area contributed by atoms with E-state index in [4.69, 9.17) is 25.6 Å². The number of hydrogen-bond acceptors (Lipinski definition) is 5. The molecular weight excluding hydrogens is 416 g/mol. The van der Waals surface area contributed by atoms with E-state index in [0.29, 0.717) is 42.0 Å². The Morgan fingerprint density at radius 1 is 1.00 bits per heavy atom. The first-order valence-electron chi connectivity index (χ1n) is 10.5. The third-order valence-corrected chi connectivity index (χ3v) is 6.36. The molecule has 31 heavy (non-hydrogen) atoms. The van der Waals surface area contributed by atoms with E-state index < -0.39 is 5.41 Å². The zero-order valence-corrected chi connectivity index (χ0v) is 17.8. The van der Waals surface area contributed by atoms with Gasteiger partial charge in [0.05, 0.1) is 12.0 Å². The topological polar surface area (TPSA) is 73.6 Å². The van der Waals surface area contributed by atoms with Gasteiger partial charge in [-0.1, -0.05) is 41.7 Å². The fourth-order valence-corrected chi connectivity index (χ4v) is 4.59. The van der Waals surface area contributed by atoms with Crippen LogP contribution >= 0.6 is 11.6 Å². The number of halogens is 1. The third kappa shape index (κ3) is 3.88. The molecule has 1 N–H and O–H groups in total. The molecule has 0 radical (unpaired) electrons. The highest BCUT2D eigenvalue weighted by atomic mass is 35.5. The summed E-state index contributed by atoms with van der Waals surface area (Å²) in [6.07, 6.45) is 3.74. The van der Waals surface area contributed by atoms with Crippen LogP contribution in [0, 0.1) is 0 Å². The first-order chi connectivity index (χ1) is 15.1. The van der Waals surface area contributed by atoms with Gasteiger partial charge < -0.3 is 19.3 Å². The van der Waals surface area contributed by atoms with E-state index >= 15 is 0 Å². The van der Waals surface area contributed by atoms with Gasteiger partial charge in [0, 0.05) is 16.7 Å². The molecule has 2 aliphatic rings. The van der Waals surface area contributed by atoms with Gasteiger partial charge >= 0.3 is 0 Å². The summed E-state index contributed by atoms with van der Waals surface area (Å²) in [5.74, 6) is 2.07. The molecule has 5 rings (SSSR count). The fraction of sp³-hybridized carbons (Fsp3) is 0.333. The molecule has 7 heteroatoms. The van der Waals surface area contributed by atoms with Gasteiger partial charge in [-0.25, -0.2) is 0 Å². The largest absolute Gasteiger partial charge is 0.486 e. The number of benzene rings is 2. The minimum atomic E-state index is -0.507. The smallest absolute Gasteiger partial charge is 0.230 e. The molecule has 1 aliphatic heterocycles. The average molecular weight is 439 g/mol. The predicted molar refractivity (Wildman–Crippen MR) is 116 cm³/mol. The van der Waals surface area contributed by atoms with E-state index in [1.807, 2.05) is 48.5 Å². The second kappa shape index (κ2) is 8.27. The van der Waals surface area contributed by atoms with Crippen LogP contribution in [0.5, 0.6) is 11.5 Å². The van der Waals surface area contributed by atoms with E-state index in [-0.39, 0.29) is 5.91 Å². The molecule has 160 valence electrons. The minimum absolute atomic E-state index is 0.0243. The number of aromatic nitrogens is 1. The quantitative estimate of drug-likeness (QED) is 0.613. The standard InChI is InChI=1S/C24H23ClN2O4/c25-18-6-4-17(5-7-18)24(9-1-2-10-24)23(28)26-15-19-14-21(31-27-19)16-3-8-20-22(13-16)30-12-11-29-20/h3-8,13-14H,1-2,9-12,15H2,(H,26,28). The maximum atomic E-state index is 13.2. The summed E-state index contributed by atoms with van der Waals surface area (Å²) >= 11 is 6.04. The van der Waals surface area contributed by atoms with Crippen LogP contribution in [0.3, 0.4) is 0 Å². The van der Waals surface area contributed by atoms with E-state index in [1.54, 1.807) is 0 Å². The number of fused-ring (bicyclic) bond motifs is 1. The lowest BCUT2D eigenvalue weighted by Crippen LogP contribution is -2.42. The highest BCUT2D eigenvalue weighted by Gasteiger charge is 2.42. The number of ether oxygens (including phenoxy) is 2. The molecule has 0 spiro atoms. The Labute approximate surface area is 185 Å². The van der Waals surface area contributed by atoms with Crippen LogP contribution in [-0.2, 0) is 16.8 Å². The maximum Gasteiger partial charge on any atom is 0.230 e. The first kappa shape index (κ1) is 19.9. The number of carbonyl (C=O) groups is 1. The average Bonchev–Trinajstić information content (AvgIpc) is 3.48. The summed E-state index contributed by atoms with van der Waals surface area (Å²) in [5, 5.41) is 7.87. The Bertz CT molecular complexity index is 1090. The molecule has 2 aromatic carbocycles. The van der Waals surface area contributed by atoms with Gasteiger partial charge in [-0.05, 0) is 48.7 Å². The van der Waals surface area contributed by atoms with E-state index in [1.165, 1.54) is 0 Å². The molecule has 1 aliphatic carbocycles. The molecule has 1 fully saturated rings. The summed E-state index contributed by atoms with van der Waals surface area (Å²) in [6, 6.07) is 15.1. The normalized spacial score (nSPS) is 16.8. The van der Waals surface area contributed by atoms with E-state index in [0.717, 1.165) is 42.6 Å². The van der Waals surface area contributed by atoms with Crippen molar-refractivity contribution in [1.29, 1.82) is 0 Å². The Kier molecular flexibility index (Phi) is 5.32. The second-order valence-corrected chi connectivity index (χ2v) is 8.46. The molecule has 0 atom stereocenters. The van der Waals surface area contributed by atoms with Crippen LogP contribution in [0.15, 0.2) is 53.1 Å². The van der Waals surface area contributed by atoms with E-state index in [2.05, 4.69) is 10.5 Å². The van der Waals surface area contributed by atoms with Gasteiger partial charge in [0.15, 0.2) is 17.3 Å². The third-order valence-electron chi connectivity index (χ3n) is 6.10. The zero-order valence-electron chi connectivity index (χ0n) is 17.0. The number of nitrogens with one attached hydrogen (secondary N) is 1. The highest BCUT2D eigenvalue weighted by molar-refractivity contribution is 6.30. The highest BCUT2D eigenvalue weighted by Crippen LogP contribution is 2.42. The van der Waals surface area contributed by atoms with Crippen molar-refractivity contribution in [2.45, 2.75) is 37.6 Å². The van der Waals surface area contributed by atoms with Gasteiger partial charge in [0.1, 0.15) is 18.9 Å². The van der Waals surface area contributed by atoms with Crippen molar-refractivity contribution in [3.63, 3.8) is 0 Å². The summed E-state index contributed by atoms with van der Waals surface area (Å²) in [5.41, 5.74) is 2.03. The Hall–Kier alpha value is -2.99. The predicted octanol–water partition coefficient (Wildman–Crippen LogP) is 4.89. The van der Waals surface area contributed by atoms with Gasteiger partial charge in [-0.2, -0.15) is 0 Å². The molecule has 0 unspecified atom stereocenters. The molecule has 1 aromatic heterocycles. The number of rotatable bonds is 5. The molecule has 6 nitrogen and oxygen atoms in total. The van der Waals surface area contributed by atoms with Crippen molar-refractivity contribution >= 4 is 17.5 Å². The van der Waals surface area contributed by atoms with Crippen molar-refractivity contribution < 1.29 is 18.8 Å². The second-order valence-electron chi connectivity index (χ2n) is 8.02. The molecule has 0 bridgehead atoms. The molecule has 2 heterocycles. The van der Waals surface area contributed by atoms with Gasteiger partial charge in [0.25, 0.3) is 0 Å². The van der Waals surface area contributed by atoms with Crippen molar-refractivity contribution in [2.24, 2.45) is 0 Å². The molecular formula is C24H23ClN2O4. The van der Waals surface area contributed by atoms with Gasteiger partial charge in [-0.3, -0.25) is 4.79 Å². The zero-order chi connectivity index (χ0) is 21.3. The van der Waals surface area contributed by atoms with Crippen LogP contribution in [-0.4, -0.2) is 24.3 Å². The minimum Gasteiger partial charge on any atom is -0.486 e. The summed E-state index contributed by atoms with van der Waals surface area (Å²) in [4.78, 5) is 13.2. The van der Waals surface area contributed by atoms with Crippen molar-refractivity contribution in [2.75, 3.05) is 13.2 Å². The van der Waals surface area contributed by atoms with Crippen molar-refractivity contribution in [1.82, 2.24) is 10.5 Å². The van der Waals surface area contributed by atoms with Crippen LogP contribution in [0.1, 0.15) is 36.9 Å². The lowest BCUT2D eigenvalue weighted by atomic mass is 9.78. The Morgan fingerprint density at radius 2 is 1.74 bits per heavy atom. The molecule has 3 aromatic rings. The summed E-state index contributed by atoms with van der Waals surface area (Å²) in [6.45, 7) is 1.39. The lowest BCUT2D eigenvalue weighted by Gasteiger charge is -2.28. The van der Waals surface area contributed by atoms with Crippen LogP contribution in [0.25, 0.3) is 11.3 Å². The maximum absolute atomic E-state index is 13.2. The van der Waals surface area contributed by atoms with Crippen LogP contribution in [0.4, 0.5) is 0 Å². The first-order valence-corrected chi connectivity index (χ1v) is 10.9. The molecule has 0 saturated heterocycles. The fourth-order valence-electron chi connectivity index (χ4n) is 4.46. The molecule has 1 saturated carbocycles. The lowest BCUT2D eigenvalue weighted by molar-refractivity contribution is -0.126. The summed E-state index contributed by atoms with van der Waals surface area (Å²) < 4.78 is 16.7. The Morgan fingerprint density at radius 3 is 2.52 bits per heavy atom. The van der Waals surface area contributed by atoms with Crippen molar-refractivity contribution in [3.8, 4) is 22.8 Å². The number of amides is 1. The van der Waals surface area contributed by atoms with Crippen molar-refractivity contribution in [3.05, 3.63) is 64.8 Å². The number of carbonyl (C=O) groups excluding carboxylic acids is 1.